The molecule has 0 bridgehead atoms. The van der Waals surface area contributed by atoms with Crippen molar-refractivity contribution in [2.75, 3.05) is 27.2 Å². The third-order valence-corrected chi connectivity index (χ3v) is 7.60. The number of halogens is 1. The van der Waals surface area contributed by atoms with Crippen LogP contribution in [-0.2, 0) is 20.0 Å². The van der Waals surface area contributed by atoms with Crippen molar-refractivity contribution in [2.24, 2.45) is 10.9 Å². The van der Waals surface area contributed by atoms with Crippen LogP contribution < -0.4 is 10.9 Å². The number of hydrogen-bond acceptors (Lipinski definition) is 6. The van der Waals surface area contributed by atoms with Gasteiger partial charge >= 0.3 is 0 Å². The van der Waals surface area contributed by atoms with E-state index in [1.54, 1.807) is 25.2 Å². The van der Waals surface area contributed by atoms with E-state index in [4.69, 9.17) is 22.5 Å². The molecule has 1 saturated heterocycles. The lowest BCUT2D eigenvalue weighted by molar-refractivity contribution is 0.349. The Kier molecular flexibility index (Phi) is 5.89. The van der Waals surface area contributed by atoms with E-state index < -0.39 is 36.0 Å². The Labute approximate surface area is 153 Å². The largest absolute Gasteiger partial charge is 0.397 e. The second-order valence-electron chi connectivity index (χ2n) is 6.25. The van der Waals surface area contributed by atoms with Crippen LogP contribution in [0.15, 0.2) is 33.4 Å². The molecule has 1 atom stereocenters. The quantitative estimate of drug-likeness (QED) is 0.638. The highest BCUT2D eigenvalue weighted by molar-refractivity contribution is 7.94. The molecule has 1 aliphatic heterocycles. The zero-order valence-electron chi connectivity index (χ0n) is 14.1. The highest BCUT2D eigenvalue weighted by Gasteiger charge is 2.39. The Bertz CT molecular complexity index is 838. The van der Waals surface area contributed by atoms with Crippen LogP contribution in [0.2, 0.25) is 0 Å². The number of allylic oxidation sites excluding steroid dienone is 3. The van der Waals surface area contributed by atoms with E-state index in [1.807, 2.05) is 0 Å². The van der Waals surface area contributed by atoms with Gasteiger partial charge in [-0.05, 0) is 24.5 Å². The van der Waals surface area contributed by atoms with Gasteiger partial charge in [0.15, 0.2) is 0 Å². The second kappa shape index (κ2) is 7.28. The molecule has 142 valence electrons. The number of nitrogens with zero attached hydrogens (tertiary/aromatic N) is 2. The van der Waals surface area contributed by atoms with Gasteiger partial charge in [0.25, 0.3) is 0 Å². The normalized spacial score (nSPS) is 25.2. The smallest absolute Gasteiger partial charge is 0.245 e. The summed E-state index contributed by atoms with van der Waals surface area (Å²) in [5, 5.41) is 4.09. The zero-order chi connectivity index (χ0) is 19.0. The minimum absolute atomic E-state index is 0.275. The van der Waals surface area contributed by atoms with Crippen LogP contribution in [0.5, 0.6) is 0 Å². The third kappa shape index (κ3) is 4.20. The SMILES string of the molecule is CN(C)C=C1C=C(S(=O)(=O)N2CCCCC2)C(N)=C(S(N)(=O)=O)C1Cl. The van der Waals surface area contributed by atoms with Crippen LogP contribution in [0.25, 0.3) is 0 Å². The molecule has 0 saturated carbocycles. The Morgan fingerprint density at radius 1 is 1.20 bits per heavy atom. The average molecular weight is 411 g/mol. The summed E-state index contributed by atoms with van der Waals surface area (Å²) < 4.78 is 51.2. The van der Waals surface area contributed by atoms with Crippen molar-refractivity contribution in [3.05, 3.63) is 33.4 Å². The van der Waals surface area contributed by atoms with E-state index in [0.717, 1.165) is 19.3 Å². The van der Waals surface area contributed by atoms with E-state index in [9.17, 15) is 16.8 Å². The highest BCUT2D eigenvalue weighted by atomic mass is 35.5. The van der Waals surface area contributed by atoms with Gasteiger partial charge in [0, 0.05) is 33.4 Å². The van der Waals surface area contributed by atoms with Gasteiger partial charge in [-0.2, -0.15) is 4.31 Å². The maximum absolute atomic E-state index is 13.0. The lowest BCUT2D eigenvalue weighted by atomic mass is 10.1. The average Bonchev–Trinajstić information content (AvgIpc) is 2.49. The summed E-state index contributed by atoms with van der Waals surface area (Å²) >= 11 is 6.23. The van der Waals surface area contributed by atoms with E-state index in [1.165, 1.54) is 10.4 Å². The van der Waals surface area contributed by atoms with E-state index in [-0.39, 0.29) is 4.91 Å². The number of sulfonamides is 2. The van der Waals surface area contributed by atoms with Gasteiger partial charge in [-0.3, -0.25) is 0 Å². The molecule has 1 aliphatic carbocycles. The number of hydrogen-bond donors (Lipinski definition) is 2. The summed E-state index contributed by atoms with van der Waals surface area (Å²) in [4.78, 5) is 0.873. The molecule has 1 unspecified atom stereocenters. The summed E-state index contributed by atoms with van der Waals surface area (Å²) in [5.41, 5.74) is 5.79. The van der Waals surface area contributed by atoms with Crippen LogP contribution in [0.4, 0.5) is 0 Å². The molecule has 11 heteroatoms. The van der Waals surface area contributed by atoms with Crippen molar-refractivity contribution in [2.45, 2.75) is 24.6 Å². The van der Waals surface area contributed by atoms with Gasteiger partial charge in [0.1, 0.15) is 9.81 Å². The number of alkyl halides is 1. The zero-order valence-corrected chi connectivity index (χ0v) is 16.5. The van der Waals surface area contributed by atoms with Gasteiger partial charge < -0.3 is 10.6 Å². The van der Waals surface area contributed by atoms with Gasteiger partial charge in [0.2, 0.25) is 20.0 Å². The van der Waals surface area contributed by atoms with Crippen molar-refractivity contribution in [1.29, 1.82) is 0 Å². The topological polar surface area (TPSA) is 127 Å². The lowest BCUT2D eigenvalue weighted by Crippen LogP contribution is -2.39. The number of piperidine rings is 1. The van der Waals surface area contributed by atoms with Crippen molar-refractivity contribution in [1.82, 2.24) is 9.21 Å². The Hall–Kier alpha value is -1.07. The van der Waals surface area contributed by atoms with Crippen LogP contribution >= 0.6 is 11.6 Å². The first kappa shape index (κ1) is 20.2. The van der Waals surface area contributed by atoms with E-state index in [0.29, 0.717) is 18.7 Å². The first-order chi connectivity index (χ1) is 11.5. The van der Waals surface area contributed by atoms with Gasteiger partial charge in [0.05, 0.1) is 11.1 Å². The fourth-order valence-electron chi connectivity index (χ4n) is 2.87. The highest BCUT2D eigenvalue weighted by Crippen LogP contribution is 2.36. The van der Waals surface area contributed by atoms with Crippen molar-refractivity contribution >= 4 is 31.6 Å². The molecule has 1 heterocycles. The molecule has 0 amide bonds. The van der Waals surface area contributed by atoms with Crippen molar-refractivity contribution in [3.63, 3.8) is 0 Å². The predicted molar refractivity (Wildman–Crippen MR) is 98.2 cm³/mol. The van der Waals surface area contributed by atoms with Crippen LogP contribution in [0.1, 0.15) is 19.3 Å². The first-order valence-corrected chi connectivity index (χ1v) is 11.2. The molecule has 2 rings (SSSR count). The van der Waals surface area contributed by atoms with Gasteiger partial charge in [-0.25, -0.2) is 22.0 Å². The van der Waals surface area contributed by atoms with Crippen molar-refractivity contribution < 1.29 is 16.8 Å². The van der Waals surface area contributed by atoms with Crippen molar-refractivity contribution in [3.8, 4) is 0 Å². The predicted octanol–water partition coefficient (Wildman–Crippen LogP) is 0.211. The summed E-state index contributed by atoms with van der Waals surface area (Å²) in [7, 11) is -4.80. The van der Waals surface area contributed by atoms with Crippen LogP contribution in [-0.4, -0.2) is 58.6 Å². The molecule has 0 aromatic carbocycles. The third-order valence-electron chi connectivity index (χ3n) is 4.00. The molecule has 2 aliphatic rings. The second-order valence-corrected chi connectivity index (χ2v) is 10.1. The van der Waals surface area contributed by atoms with Crippen LogP contribution in [0.3, 0.4) is 0 Å². The Morgan fingerprint density at radius 2 is 1.76 bits per heavy atom. The summed E-state index contributed by atoms with van der Waals surface area (Å²) in [6, 6.07) is 0. The maximum Gasteiger partial charge on any atom is 0.245 e. The number of rotatable bonds is 4. The summed E-state index contributed by atoms with van der Waals surface area (Å²) in [5.74, 6) is 0. The van der Waals surface area contributed by atoms with E-state index in [2.05, 4.69) is 0 Å². The fraction of sp³-hybridized carbons (Fsp3) is 0.571. The Morgan fingerprint density at radius 3 is 2.24 bits per heavy atom. The lowest BCUT2D eigenvalue weighted by Gasteiger charge is -2.30. The number of primary sulfonamides is 1. The molecule has 0 aromatic heterocycles. The molecule has 8 nitrogen and oxygen atoms in total. The molecule has 0 radical (unpaired) electrons. The van der Waals surface area contributed by atoms with Crippen LogP contribution in [0, 0.1) is 0 Å². The van der Waals surface area contributed by atoms with Gasteiger partial charge in [-0.1, -0.05) is 6.42 Å². The fourth-order valence-corrected chi connectivity index (χ4v) is 6.07. The summed E-state index contributed by atoms with van der Waals surface area (Å²) in [6.45, 7) is 0.739. The monoisotopic (exact) mass is 410 g/mol. The molecule has 0 spiro atoms. The molecular weight excluding hydrogens is 388 g/mol. The first-order valence-electron chi connectivity index (χ1n) is 7.73. The van der Waals surface area contributed by atoms with E-state index >= 15 is 0 Å². The minimum Gasteiger partial charge on any atom is -0.397 e. The molecule has 0 aromatic rings. The Balaban J connectivity index is 2.65. The number of nitrogens with two attached hydrogens (primary N) is 2. The standard InChI is InChI=1S/C14H23ClN4O4S2/c1-18(2)9-10-8-11(13(16)14(12(10)15)24(17,20)21)25(22,23)19-6-4-3-5-7-19/h8-9,12H,3-7,16H2,1-2H3,(H2,17,20,21). The molecule has 25 heavy (non-hydrogen) atoms. The minimum atomic E-state index is -4.28. The molecule has 1 fully saturated rings. The molecular formula is C14H23ClN4O4S2. The van der Waals surface area contributed by atoms with Gasteiger partial charge in [-0.15, -0.1) is 11.6 Å². The maximum atomic E-state index is 13.0. The summed E-state index contributed by atoms with van der Waals surface area (Å²) in [6.07, 6.45) is 5.31. The molecule has 4 N–H and O–H groups in total.